The Hall–Kier alpha value is -2.45. The summed E-state index contributed by atoms with van der Waals surface area (Å²) in [5.41, 5.74) is 0. The number of aliphatic carboxylic acids is 1. The lowest BCUT2D eigenvalue weighted by molar-refractivity contribution is -0.889. The first kappa shape index (κ1) is 51.5. The molecule has 0 aromatic carbocycles. The van der Waals surface area contributed by atoms with E-state index in [-0.39, 0.29) is 42.7 Å². The zero-order valence-corrected chi connectivity index (χ0v) is 35.6. The summed E-state index contributed by atoms with van der Waals surface area (Å²) in [6.07, 6.45) is 41.7. The molecule has 0 rings (SSSR count). The largest absolute Gasteiger partial charge is 0.544 e. The van der Waals surface area contributed by atoms with Crippen molar-refractivity contribution in [2.24, 2.45) is 0 Å². The van der Waals surface area contributed by atoms with Gasteiger partial charge in [-0.1, -0.05) is 147 Å². The number of hydrogen-bond donors (Lipinski definition) is 0. The van der Waals surface area contributed by atoms with Crippen LogP contribution in [-0.2, 0) is 28.6 Å². The monoisotopic (exact) mass is 762 g/mol. The highest BCUT2D eigenvalue weighted by Gasteiger charge is 2.25. The molecular formula is C46H83NO7. The van der Waals surface area contributed by atoms with E-state index in [1.807, 2.05) is 0 Å². The number of quaternary nitrogens is 1. The quantitative estimate of drug-likeness (QED) is 0.0202. The van der Waals surface area contributed by atoms with Gasteiger partial charge in [0.25, 0.3) is 0 Å². The summed E-state index contributed by atoms with van der Waals surface area (Å²) >= 11 is 0. The summed E-state index contributed by atoms with van der Waals surface area (Å²) < 4.78 is 17.1. The number of unbranched alkanes of at least 4 members (excludes halogenated alkanes) is 20. The van der Waals surface area contributed by atoms with Crippen molar-refractivity contribution in [1.82, 2.24) is 0 Å². The topological polar surface area (TPSA) is 102 Å². The van der Waals surface area contributed by atoms with E-state index in [0.29, 0.717) is 12.8 Å². The third-order valence-corrected chi connectivity index (χ3v) is 9.78. The first-order valence-electron chi connectivity index (χ1n) is 22.0. The number of rotatable bonds is 39. The Morgan fingerprint density at radius 3 is 1.52 bits per heavy atom. The van der Waals surface area contributed by atoms with Gasteiger partial charge in [0.2, 0.25) is 0 Å². The Balaban J connectivity index is 4.33. The number of esters is 2. The Bertz CT molecular complexity index is 984. The number of carboxylic acids is 1. The summed E-state index contributed by atoms with van der Waals surface area (Å²) in [4.78, 5) is 36.8. The highest BCUT2D eigenvalue weighted by atomic mass is 16.6. The van der Waals surface area contributed by atoms with Gasteiger partial charge < -0.3 is 28.6 Å². The second-order valence-electron chi connectivity index (χ2n) is 16.0. The van der Waals surface area contributed by atoms with E-state index in [1.54, 1.807) is 21.1 Å². The fraction of sp³-hybridized carbons (Fsp3) is 0.804. The maximum absolute atomic E-state index is 12.7. The molecule has 0 aromatic heterocycles. The molecule has 2 atom stereocenters. The first-order valence-corrected chi connectivity index (χ1v) is 22.0. The third-order valence-electron chi connectivity index (χ3n) is 9.78. The summed E-state index contributed by atoms with van der Waals surface area (Å²) in [6, 6.07) is -0.729. The fourth-order valence-electron chi connectivity index (χ4n) is 6.28. The standard InChI is InChI=1S/C46H83NO7/c1-6-8-10-12-14-16-18-19-20-21-22-23-24-25-27-29-31-33-35-37-45(49)54-42(40-52-39-38-43(46(50)51)47(3,4)5)41-53-44(48)36-34-32-30-28-26-17-15-13-11-9-7-2/h13,15,17,21-22,26,42-43H,6-12,14,16,18-20,23-25,27-41H2,1-5H3/b15-13+,22-21+,26-17+. The number of carbonyl (C=O) groups is 3. The molecule has 0 aliphatic heterocycles. The van der Waals surface area contributed by atoms with Crippen LogP contribution in [0.25, 0.3) is 0 Å². The minimum Gasteiger partial charge on any atom is -0.544 e. The van der Waals surface area contributed by atoms with Crippen LogP contribution in [0.15, 0.2) is 36.5 Å². The van der Waals surface area contributed by atoms with Crippen molar-refractivity contribution >= 4 is 17.9 Å². The Labute approximate surface area is 332 Å². The van der Waals surface area contributed by atoms with Crippen LogP contribution in [0.2, 0.25) is 0 Å². The van der Waals surface area contributed by atoms with Crippen molar-refractivity contribution in [3.05, 3.63) is 36.5 Å². The number of ether oxygens (including phenoxy) is 3. The van der Waals surface area contributed by atoms with Gasteiger partial charge in [0.05, 0.1) is 40.3 Å². The van der Waals surface area contributed by atoms with Gasteiger partial charge in [0.15, 0.2) is 6.10 Å². The fourth-order valence-corrected chi connectivity index (χ4v) is 6.28. The van der Waals surface area contributed by atoms with Gasteiger partial charge in [-0.2, -0.15) is 0 Å². The van der Waals surface area contributed by atoms with Gasteiger partial charge in [-0.25, -0.2) is 0 Å². The molecule has 0 saturated heterocycles. The molecule has 0 amide bonds. The van der Waals surface area contributed by atoms with Crippen molar-refractivity contribution in [3.63, 3.8) is 0 Å². The lowest BCUT2D eigenvalue weighted by Gasteiger charge is -2.34. The Morgan fingerprint density at radius 1 is 0.556 bits per heavy atom. The molecule has 2 unspecified atom stereocenters. The summed E-state index contributed by atoms with van der Waals surface area (Å²) in [5, 5.41) is 11.6. The molecule has 0 fully saturated rings. The average molecular weight is 762 g/mol. The lowest BCUT2D eigenvalue weighted by Crippen LogP contribution is -2.55. The van der Waals surface area contributed by atoms with E-state index >= 15 is 0 Å². The highest BCUT2D eigenvalue weighted by molar-refractivity contribution is 5.70. The molecule has 0 aromatic rings. The zero-order chi connectivity index (χ0) is 40.0. The summed E-state index contributed by atoms with van der Waals surface area (Å²) in [7, 11) is 5.39. The first-order chi connectivity index (χ1) is 26.1. The van der Waals surface area contributed by atoms with Crippen LogP contribution in [0.5, 0.6) is 0 Å². The van der Waals surface area contributed by atoms with Gasteiger partial charge in [0.1, 0.15) is 12.6 Å². The van der Waals surface area contributed by atoms with Gasteiger partial charge in [-0.3, -0.25) is 9.59 Å². The van der Waals surface area contributed by atoms with Crippen molar-refractivity contribution in [1.29, 1.82) is 0 Å². The number of carbonyl (C=O) groups excluding carboxylic acids is 3. The molecule has 0 saturated carbocycles. The van der Waals surface area contributed by atoms with Gasteiger partial charge in [-0.05, 0) is 57.8 Å². The van der Waals surface area contributed by atoms with E-state index in [2.05, 4.69) is 50.3 Å². The second-order valence-corrected chi connectivity index (χ2v) is 16.0. The molecular weight excluding hydrogens is 679 g/mol. The third kappa shape index (κ3) is 35.3. The van der Waals surface area contributed by atoms with Crippen LogP contribution in [0.3, 0.4) is 0 Å². The molecule has 0 aliphatic rings. The Morgan fingerprint density at radius 2 is 1.00 bits per heavy atom. The van der Waals surface area contributed by atoms with E-state index in [9.17, 15) is 19.5 Å². The molecule has 0 aliphatic carbocycles. The minimum atomic E-state index is -1.13. The molecule has 0 N–H and O–H groups in total. The SMILES string of the molecule is CCCC/C=C/C=C/CCCCCC(=O)OCC(COCCC(C(=O)[O-])[N+](C)(C)C)OC(=O)CCCCCCCCC/C=C/CCCCCCCCCC. The number of nitrogens with zero attached hydrogens (tertiary/aromatic N) is 1. The average Bonchev–Trinajstić information content (AvgIpc) is 3.12. The van der Waals surface area contributed by atoms with Gasteiger partial charge in [0, 0.05) is 19.3 Å². The van der Waals surface area contributed by atoms with E-state index in [4.69, 9.17) is 14.2 Å². The molecule has 0 bridgehead atoms. The van der Waals surface area contributed by atoms with Crippen molar-refractivity contribution in [2.45, 2.75) is 199 Å². The smallest absolute Gasteiger partial charge is 0.306 e. The molecule has 0 radical (unpaired) electrons. The Kier molecular flexibility index (Phi) is 35.8. The maximum atomic E-state index is 12.7. The van der Waals surface area contributed by atoms with Crippen LogP contribution >= 0.6 is 0 Å². The molecule has 54 heavy (non-hydrogen) atoms. The number of likely N-dealkylation sites (N-methyl/N-ethyl adjacent to an activating group) is 1. The lowest BCUT2D eigenvalue weighted by atomic mass is 10.1. The summed E-state index contributed by atoms with van der Waals surface area (Å²) in [6.45, 7) is 4.58. The predicted octanol–water partition coefficient (Wildman–Crippen LogP) is 10.5. The highest BCUT2D eigenvalue weighted by Crippen LogP contribution is 2.14. The normalized spacial score (nSPS) is 13.3. The van der Waals surface area contributed by atoms with Crippen LogP contribution in [0, 0.1) is 0 Å². The van der Waals surface area contributed by atoms with Crippen molar-refractivity contribution in [2.75, 3.05) is 41.0 Å². The van der Waals surface area contributed by atoms with Crippen LogP contribution < -0.4 is 5.11 Å². The number of allylic oxidation sites excluding steroid dienone is 6. The van der Waals surface area contributed by atoms with Crippen molar-refractivity contribution < 1.29 is 38.2 Å². The molecule has 0 spiro atoms. The molecule has 8 nitrogen and oxygen atoms in total. The summed E-state index contributed by atoms with van der Waals surface area (Å²) in [5.74, 6) is -1.78. The number of hydrogen-bond acceptors (Lipinski definition) is 7. The molecule has 8 heteroatoms. The second kappa shape index (κ2) is 37.5. The van der Waals surface area contributed by atoms with Crippen LogP contribution in [0.1, 0.15) is 187 Å². The number of carboxylic acid groups (broad SMARTS) is 1. The maximum Gasteiger partial charge on any atom is 0.306 e. The van der Waals surface area contributed by atoms with Gasteiger partial charge in [-0.15, -0.1) is 0 Å². The molecule has 314 valence electrons. The van der Waals surface area contributed by atoms with E-state index in [1.165, 1.54) is 103 Å². The zero-order valence-electron chi connectivity index (χ0n) is 35.6. The van der Waals surface area contributed by atoms with Crippen LogP contribution in [0.4, 0.5) is 0 Å². The van der Waals surface area contributed by atoms with E-state index < -0.39 is 18.1 Å². The van der Waals surface area contributed by atoms with E-state index in [0.717, 1.165) is 51.4 Å². The van der Waals surface area contributed by atoms with Crippen LogP contribution in [-0.4, -0.2) is 75.5 Å². The minimum absolute atomic E-state index is 0.0313. The predicted molar refractivity (Wildman–Crippen MR) is 222 cm³/mol. The molecule has 0 heterocycles. The van der Waals surface area contributed by atoms with Gasteiger partial charge >= 0.3 is 11.9 Å². The van der Waals surface area contributed by atoms with Crippen molar-refractivity contribution in [3.8, 4) is 0 Å².